The molecule has 0 radical (unpaired) electrons. The topological polar surface area (TPSA) is 75.7 Å². The van der Waals surface area contributed by atoms with Gasteiger partial charge in [0.1, 0.15) is 11.5 Å². The average molecular weight is 297 g/mol. The third-order valence-corrected chi connectivity index (χ3v) is 2.74. The Morgan fingerprint density at radius 1 is 1.00 bits per heavy atom. The Hall–Kier alpha value is -2.19. The molecule has 0 aliphatic heterocycles. The van der Waals surface area contributed by atoms with E-state index in [0.717, 1.165) is 18.2 Å². The number of alkyl halides is 3. The smallest absolute Gasteiger partial charge is 0.455 e. The lowest BCUT2D eigenvalue weighted by molar-refractivity contribution is -0.137. The summed E-state index contributed by atoms with van der Waals surface area (Å²) in [4.78, 5) is 0. The molecule has 0 aromatic heterocycles. The largest absolute Gasteiger partial charge is 0.488 e. The first-order chi connectivity index (χ1) is 9.77. The van der Waals surface area contributed by atoms with Gasteiger partial charge in [-0.1, -0.05) is 12.1 Å². The minimum Gasteiger partial charge on any atom is -0.455 e. The van der Waals surface area contributed by atoms with Crippen molar-refractivity contribution in [2.24, 2.45) is 0 Å². The summed E-state index contributed by atoms with van der Waals surface area (Å²) >= 11 is 0. The molecule has 4 nitrogen and oxygen atoms in total. The molecular formula is C13H11BF3NO3. The summed E-state index contributed by atoms with van der Waals surface area (Å²) in [5.41, 5.74) is 4.81. The normalized spacial score (nSPS) is 11.3. The minimum absolute atomic E-state index is 0.0836. The van der Waals surface area contributed by atoms with Crippen LogP contribution < -0.4 is 15.9 Å². The number of hydrogen-bond donors (Lipinski definition) is 3. The van der Waals surface area contributed by atoms with E-state index in [2.05, 4.69) is 0 Å². The Labute approximate surface area is 118 Å². The highest BCUT2D eigenvalue weighted by atomic mass is 19.4. The average Bonchev–Trinajstić information content (AvgIpc) is 2.40. The lowest BCUT2D eigenvalue weighted by Gasteiger charge is -2.12. The van der Waals surface area contributed by atoms with E-state index in [1.54, 1.807) is 0 Å². The van der Waals surface area contributed by atoms with Crippen molar-refractivity contribution in [2.45, 2.75) is 6.18 Å². The second kappa shape index (κ2) is 5.67. The van der Waals surface area contributed by atoms with Crippen molar-refractivity contribution in [3.05, 3.63) is 48.0 Å². The highest BCUT2D eigenvalue weighted by Crippen LogP contribution is 2.35. The third-order valence-electron chi connectivity index (χ3n) is 2.74. The maximum absolute atomic E-state index is 12.5. The molecule has 2 rings (SSSR count). The molecule has 110 valence electrons. The summed E-state index contributed by atoms with van der Waals surface area (Å²) in [6, 6.07) is 8.53. The van der Waals surface area contributed by atoms with Gasteiger partial charge >= 0.3 is 13.3 Å². The lowest BCUT2D eigenvalue weighted by atomic mass is 9.80. The van der Waals surface area contributed by atoms with Crippen LogP contribution in [0.4, 0.5) is 18.9 Å². The van der Waals surface area contributed by atoms with Gasteiger partial charge in [-0.05, 0) is 35.8 Å². The monoisotopic (exact) mass is 297 g/mol. The van der Waals surface area contributed by atoms with E-state index in [1.165, 1.54) is 24.3 Å². The quantitative estimate of drug-likeness (QED) is 0.596. The molecule has 0 spiro atoms. The van der Waals surface area contributed by atoms with Crippen molar-refractivity contribution in [3.63, 3.8) is 0 Å². The second-order valence-corrected chi connectivity index (χ2v) is 4.30. The summed E-state index contributed by atoms with van der Waals surface area (Å²) in [7, 11) is -1.60. The first-order valence-corrected chi connectivity index (χ1v) is 5.88. The molecule has 0 saturated carbocycles. The summed E-state index contributed by atoms with van der Waals surface area (Å²) in [5.74, 6) is 0.395. The number of hydrogen-bond acceptors (Lipinski definition) is 4. The van der Waals surface area contributed by atoms with Crippen molar-refractivity contribution in [1.29, 1.82) is 0 Å². The number of ether oxygens (including phenoxy) is 1. The van der Waals surface area contributed by atoms with Crippen LogP contribution in [0.1, 0.15) is 5.56 Å². The molecule has 0 fully saturated rings. The van der Waals surface area contributed by atoms with Crippen LogP contribution in [0, 0.1) is 0 Å². The zero-order valence-corrected chi connectivity index (χ0v) is 10.6. The Morgan fingerprint density at radius 2 is 1.62 bits per heavy atom. The highest BCUT2D eigenvalue weighted by molar-refractivity contribution is 6.58. The predicted molar refractivity (Wildman–Crippen MR) is 72.2 cm³/mol. The summed E-state index contributed by atoms with van der Waals surface area (Å²) < 4.78 is 42.9. The van der Waals surface area contributed by atoms with Crippen molar-refractivity contribution in [2.75, 3.05) is 5.73 Å². The van der Waals surface area contributed by atoms with Crippen LogP contribution in [0.15, 0.2) is 42.5 Å². The molecule has 0 atom stereocenters. The van der Waals surface area contributed by atoms with Gasteiger partial charge in [-0.25, -0.2) is 0 Å². The van der Waals surface area contributed by atoms with E-state index < -0.39 is 18.9 Å². The van der Waals surface area contributed by atoms with Gasteiger partial charge in [0.2, 0.25) is 0 Å². The lowest BCUT2D eigenvalue weighted by Crippen LogP contribution is -2.29. The maximum Gasteiger partial charge on any atom is 0.488 e. The minimum atomic E-state index is -4.47. The van der Waals surface area contributed by atoms with Crippen LogP contribution in [0.3, 0.4) is 0 Å². The van der Waals surface area contributed by atoms with Gasteiger partial charge in [0.15, 0.2) is 0 Å². The number of nitrogen functional groups attached to an aromatic ring is 1. The standard InChI is InChI=1S/C13H11BF3NO3/c15-13(16,17)8-1-6-12(11(18)7-8)21-10-4-2-9(3-5-10)14(19)20/h1-7,19-20H,18H2. The molecule has 0 aliphatic carbocycles. The molecule has 2 aromatic rings. The molecule has 0 bridgehead atoms. The number of benzene rings is 2. The first kappa shape index (κ1) is 15.2. The molecule has 4 N–H and O–H groups in total. The van der Waals surface area contributed by atoms with E-state index in [4.69, 9.17) is 20.5 Å². The van der Waals surface area contributed by atoms with Gasteiger partial charge in [0, 0.05) is 0 Å². The van der Waals surface area contributed by atoms with Gasteiger partial charge in [-0.2, -0.15) is 13.2 Å². The zero-order valence-electron chi connectivity index (χ0n) is 10.6. The maximum atomic E-state index is 12.5. The zero-order chi connectivity index (χ0) is 15.6. The fourth-order valence-corrected chi connectivity index (χ4v) is 1.65. The van der Waals surface area contributed by atoms with Crippen LogP contribution in [-0.2, 0) is 6.18 Å². The number of nitrogens with two attached hydrogens (primary N) is 1. The fourth-order valence-electron chi connectivity index (χ4n) is 1.65. The Balaban J connectivity index is 2.20. The Morgan fingerprint density at radius 3 is 2.10 bits per heavy atom. The molecule has 8 heteroatoms. The summed E-state index contributed by atoms with van der Waals surface area (Å²) in [6.45, 7) is 0. The van der Waals surface area contributed by atoms with E-state index in [-0.39, 0.29) is 16.9 Å². The van der Waals surface area contributed by atoms with Crippen molar-refractivity contribution < 1.29 is 28.0 Å². The van der Waals surface area contributed by atoms with E-state index in [1.807, 2.05) is 0 Å². The van der Waals surface area contributed by atoms with Gasteiger partial charge < -0.3 is 20.5 Å². The van der Waals surface area contributed by atoms with Gasteiger partial charge in [0.25, 0.3) is 0 Å². The van der Waals surface area contributed by atoms with Crippen molar-refractivity contribution in [1.82, 2.24) is 0 Å². The van der Waals surface area contributed by atoms with E-state index in [0.29, 0.717) is 5.75 Å². The molecular weight excluding hydrogens is 286 g/mol. The first-order valence-electron chi connectivity index (χ1n) is 5.88. The molecule has 2 aromatic carbocycles. The van der Waals surface area contributed by atoms with E-state index in [9.17, 15) is 13.2 Å². The number of rotatable bonds is 3. The van der Waals surface area contributed by atoms with E-state index >= 15 is 0 Å². The van der Waals surface area contributed by atoms with Gasteiger partial charge in [-0.15, -0.1) is 0 Å². The Bertz CT molecular complexity index is 630. The van der Waals surface area contributed by atoms with Gasteiger partial charge in [0.05, 0.1) is 11.3 Å². The molecule has 0 unspecified atom stereocenters. The predicted octanol–water partition coefficient (Wildman–Crippen LogP) is 1.76. The summed E-state index contributed by atoms with van der Waals surface area (Å²) in [5, 5.41) is 17.9. The number of anilines is 1. The molecule has 21 heavy (non-hydrogen) atoms. The Kier molecular flexibility index (Phi) is 4.10. The van der Waals surface area contributed by atoms with Crippen LogP contribution in [0.5, 0.6) is 11.5 Å². The fraction of sp³-hybridized carbons (Fsp3) is 0.0769. The van der Waals surface area contributed by atoms with Crippen LogP contribution >= 0.6 is 0 Å². The SMILES string of the molecule is Nc1cc(C(F)(F)F)ccc1Oc1ccc(B(O)O)cc1. The number of halogens is 3. The molecule has 0 heterocycles. The molecule has 0 aliphatic rings. The van der Waals surface area contributed by atoms with Crippen LogP contribution in [0.2, 0.25) is 0 Å². The highest BCUT2D eigenvalue weighted by Gasteiger charge is 2.31. The van der Waals surface area contributed by atoms with Crippen molar-refractivity contribution in [3.8, 4) is 11.5 Å². The summed E-state index contributed by atoms with van der Waals surface area (Å²) in [6.07, 6.45) is -4.47. The third kappa shape index (κ3) is 3.68. The van der Waals surface area contributed by atoms with Crippen LogP contribution in [0.25, 0.3) is 0 Å². The van der Waals surface area contributed by atoms with Crippen LogP contribution in [-0.4, -0.2) is 17.2 Å². The molecule has 0 saturated heterocycles. The van der Waals surface area contributed by atoms with Crippen molar-refractivity contribution >= 4 is 18.3 Å². The second-order valence-electron chi connectivity index (χ2n) is 4.30. The van der Waals surface area contributed by atoms with Gasteiger partial charge in [-0.3, -0.25) is 0 Å². The molecule has 0 amide bonds.